The maximum absolute atomic E-state index is 11.0. The van der Waals surface area contributed by atoms with Crippen molar-refractivity contribution in [1.29, 1.82) is 0 Å². The van der Waals surface area contributed by atoms with Gasteiger partial charge in [0.1, 0.15) is 0 Å². The fraction of sp³-hybridized carbons (Fsp3) is 0.364. The summed E-state index contributed by atoms with van der Waals surface area (Å²) in [4.78, 5) is 11.0. The molecule has 1 N–H and O–H groups in total. The lowest BCUT2D eigenvalue weighted by molar-refractivity contribution is 0.148. The number of carbonyl (C=O) groups is 1. The molecule has 0 unspecified atom stereocenters. The molecule has 0 bridgehead atoms. The van der Waals surface area contributed by atoms with Crippen LogP contribution >= 0.6 is 0 Å². The fourth-order valence-corrected chi connectivity index (χ4v) is 1.16. The van der Waals surface area contributed by atoms with Gasteiger partial charge in [-0.1, -0.05) is 29.9 Å². The minimum Gasteiger partial charge on any atom is -0.449 e. The Bertz CT molecular complexity index is 266. The molecule has 1 rings (SSSR count). The Labute approximate surface area is 84.1 Å². The SMILES string of the molecule is C=CCNC(=O)OCCC1=CC=CC1. The summed E-state index contributed by atoms with van der Waals surface area (Å²) in [5, 5.41) is 2.54. The average Bonchev–Trinajstić information content (AvgIpc) is 2.67. The first-order valence-corrected chi connectivity index (χ1v) is 4.69. The Morgan fingerprint density at radius 2 is 2.57 bits per heavy atom. The van der Waals surface area contributed by atoms with Gasteiger partial charge in [-0.05, 0) is 6.42 Å². The van der Waals surface area contributed by atoms with Gasteiger partial charge in [0, 0.05) is 13.0 Å². The van der Waals surface area contributed by atoms with E-state index in [1.165, 1.54) is 5.57 Å². The fourth-order valence-electron chi connectivity index (χ4n) is 1.16. The van der Waals surface area contributed by atoms with Gasteiger partial charge in [-0.3, -0.25) is 0 Å². The van der Waals surface area contributed by atoms with Crippen LogP contribution in [0.2, 0.25) is 0 Å². The molecule has 0 spiro atoms. The number of ether oxygens (including phenoxy) is 1. The van der Waals surface area contributed by atoms with Crippen molar-refractivity contribution in [1.82, 2.24) is 5.32 Å². The van der Waals surface area contributed by atoms with E-state index in [4.69, 9.17) is 4.74 Å². The van der Waals surface area contributed by atoms with E-state index in [-0.39, 0.29) is 6.09 Å². The van der Waals surface area contributed by atoms with Crippen molar-refractivity contribution in [3.63, 3.8) is 0 Å². The molecule has 0 aromatic rings. The molecule has 1 aliphatic carbocycles. The Hall–Kier alpha value is -1.51. The summed E-state index contributed by atoms with van der Waals surface area (Å²) in [7, 11) is 0. The standard InChI is InChI=1S/C11H15NO2/c1-2-8-12-11(13)14-9-7-10-5-3-4-6-10/h2-5H,1,6-9H2,(H,12,13). The van der Waals surface area contributed by atoms with Crippen LogP contribution in [0, 0.1) is 0 Å². The summed E-state index contributed by atoms with van der Waals surface area (Å²) in [6, 6.07) is 0. The van der Waals surface area contributed by atoms with Crippen LogP contribution in [-0.2, 0) is 4.74 Å². The predicted octanol–water partition coefficient (Wildman–Crippen LogP) is 2.17. The molecule has 0 heterocycles. The highest BCUT2D eigenvalue weighted by Crippen LogP contribution is 2.13. The molecule has 0 atom stereocenters. The molecule has 0 aliphatic heterocycles. The molecule has 3 nitrogen and oxygen atoms in total. The van der Waals surface area contributed by atoms with E-state index in [0.717, 1.165) is 12.8 Å². The molecule has 76 valence electrons. The average molecular weight is 193 g/mol. The van der Waals surface area contributed by atoms with Crippen LogP contribution < -0.4 is 5.32 Å². The summed E-state index contributed by atoms with van der Waals surface area (Å²) < 4.78 is 4.94. The van der Waals surface area contributed by atoms with Gasteiger partial charge in [-0.2, -0.15) is 0 Å². The van der Waals surface area contributed by atoms with E-state index < -0.39 is 0 Å². The Morgan fingerprint density at radius 3 is 3.21 bits per heavy atom. The number of hydrogen-bond acceptors (Lipinski definition) is 2. The third kappa shape index (κ3) is 3.94. The van der Waals surface area contributed by atoms with Gasteiger partial charge < -0.3 is 10.1 Å². The van der Waals surface area contributed by atoms with E-state index in [2.05, 4.69) is 24.0 Å². The summed E-state index contributed by atoms with van der Waals surface area (Å²) >= 11 is 0. The Balaban J connectivity index is 2.03. The van der Waals surface area contributed by atoms with E-state index >= 15 is 0 Å². The number of rotatable bonds is 5. The first kappa shape index (κ1) is 10.6. The minimum atomic E-state index is -0.378. The number of allylic oxidation sites excluding steroid dienone is 3. The quantitative estimate of drug-likeness (QED) is 0.679. The monoisotopic (exact) mass is 193 g/mol. The van der Waals surface area contributed by atoms with Crippen LogP contribution in [0.5, 0.6) is 0 Å². The molecule has 14 heavy (non-hydrogen) atoms. The van der Waals surface area contributed by atoms with Crippen molar-refractivity contribution in [3.8, 4) is 0 Å². The summed E-state index contributed by atoms with van der Waals surface area (Å²) in [6.07, 6.45) is 9.21. The molecule has 3 heteroatoms. The molecule has 0 fully saturated rings. The maximum atomic E-state index is 11.0. The van der Waals surface area contributed by atoms with Crippen molar-refractivity contribution in [2.75, 3.05) is 13.2 Å². The van der Waals surface area contributed by atoms with Gasteiger partial charge in [0.25, 0.3) is 0 Å². The summed E-state index contributed by atoms with van der Waals surface area (Å²) in [5.41, 5.74) is 1.31. The van der Waals surface area contributed by atoms with Crippen molar-refractivity contribution < 1.29 is 9.53 Å². The number of alkyl carbamates (subject to hydrolysis) is 1. The molecular weight excluding hydrogens is 178 g/mol. The van der Waals surface area contributed by atoms with Crippen LogP contribution in [0.1, 0.15) is 12.8 Å². The van der Waals surface area contributed by atoms with Crippen LogP contribution in [-0.4, -0.2) is 19.2 Å². The Kier molecular flexibility index (Phi) is 4.55. The normalized spacial score (nSPS) is 13.6. The first-order valence-electron chi connectivity index (χ1n) is 4.69. The highest BCUT2D eigenvalue weighted by atomic mass is 16.5. The first-order chi connectivity index (χ1) is 6.83. The largest absolute Gasteiger partial charge is 0.449 e. The second kappa shape index (κ2) is 6.02. The van der Waals surface area contributed by atoms with Gasteiger partial charge in [0.2, 0.25) is 0 Å². The van der Waals surface area contributed by atoms with Crippen molar-refractivity contribution in [3.05, 3.63) is 36.5 Å². The minimum absolute atomic E-state index is 0.378. The van der Waals surface area contributed by atoms with Crippen LogP contribution in [0.3, 0.4) is 0 Å². The molecule has 0 aromatic carbocycles. The number of hydrogen-bond donors (Lipinski definition) is 1. The molecule has 1 amide bonds. The number of nitrogens with one attached hydrogen (secondary N) is 1. The molecule has 0 radical (unpaired) electrons. The Morgan fingerprint density at radius 1 is 1.71 bits per heavy atom. The molecule has 1 aliphatic rings. The smallest absolute Gasteiger partial charge is 0.407 e. The number of amides is 1. The third-order valence-corrected chi connectivity index (χ3v) is 1.90. The highest BCUT2D eigenvalue weighted by Gasteiger charge is 2.02. The second-order valence-electron chi connectivity index (χ2n) is 3.01. The predicted molar refractivity (Wildman–Crippen MR) is 56.0 cm³/mol. The van der Waals surface area contributed by atoms with Crippen LogP contribution in [0.4, 0.5) is 4.79 Å². The van der Waals surface area contributed by atoms with Gasteiger partial charge in [-0.15, -0.1) is 6.58 Å². The van der Waals surface area contributed by atoms with Crippen molar-refractivity contribution in [2.24, 2.45) is 0 Å². The van der Waals surface area contributed by atoms with Gasteiger partial charge in [0.15, 0.2) is 0 Å². The molecule has 0 aromatic heterocycles. The van der Waals surface area contributed by atoms with E-state index in [0.29, 0.717) is 13.2 Å². The maximum Gasteiger partial charge on any atom is 0.407 e. The summed E-state index contributed by atoms with van der Waals surface area (Å²) in [5.74, 6) is 0. The lowest BCUT2D eigenvalue weighted by Gasteiger charge is -2.05. The molecule has 0 saturated carbocycles. The van der Waals surface area contributed by atoms with Gasteiger partial charge in [-0.25, -0.2) is 4.79 Å². The number of carbonyl (C=O) groups excluding carboxylic acids is 1. The lowest BCUT2D eigenvalue weighted by Crippen LogP contribution is -2.24. The van der Waals surface area contributed by atoms with Crippen molar-refractivity contribution >= 4 is 6.09 Å². The van der Waals surface area contributed by atoms with Gasteiger partial charge in [0.05, 0.1) is 6.61 Å². The van der Waals surface area contributed by atoms with Crippen LogP contribution in [0.15, 0.2) is 36.5 Å². The van der Waals surface area contributed by atoms with Crippen molar-refractivity contribution in [2.45, 2.75) is 12.8 Å². The molecular formula is C11H15NO2. The molecule has 0 saturated heterocycles. The highest BCUT2D eigenvalue weighted by molar-refractivity contribution is 5.67. The zero-order valence-corrected chi connectivity index (χ0v) is 8.16. The zero-order chi connectivity index (χ0) is 10.2. The summed E-state index contributed by atoms with van der Waals surface area (Å²) in [6.45, 7) is 4.38. The zero-order valence-electron chi connectivity index (χ0n) is 8.16. The second-order valence-corrected chi connectivity index (χ2v) is 3.01. The van der Waals surface area contributed by atoms with E-state index in [1.807, 2.05) is 6.08 Å². The van der Waals surface area contributed by atoms with Crippen LogP contribution in [0.25, 0.3) is 0 Å². The topological polar surface area (TPSA) is 38.3 Å². The third-order valence-electron chi connectivity index (χ3n) is 1.90. The van der Waals surface area contributed by atoms with E-state index in [1.54, 1.807) is 6.08 Å². The lowest BCUT2D eigenvalue weighted by atomic mass is 10.2. The van der Waals surface area contributed by atoms with E-state index in [9.17, 15) is 4.79 Å². The van der Waals surface area contributed by atoms with Gasteiger partial charge >= 0.3 is 6.09 Å².